The predicted molar refractivity (Wildman–Crippen MR) is 115 cm³/mol. The fraction of sp³-hybridized carbons (Fsp3) is 0.375. The van der Waals surface area contributed by atoms with E-state index in [1.807, 2.05) is 30.0 Å². The summed E-state index contributed by atoms with van der Waals surface area (Å²) < 4.78 is 7.26. The standard InChI is InChI=1S/C24H26BrNO2/c1-17(2)16-24(20-6-4-3-5-7-20)14-15-26(23(27)28-24)22(18-8-9-18)19-10-12-21(25)13-11-19/h3-7,10-13,18,22H,1,8-9,14-16H2,2H3/t22?,24-/m0/s1. The quantitative estimate of drug-likeness (QED) is 0.474. The number of nitrogens with zero attached hydrogens (tertiary/aromatic N) is 1. The zero-order valence-electron chi connectivity index (χ0n) is 16.2. The smallest absolute Gasteiger partial charge is 0.411 e. The van der Waals surface area contributed by atoms with E-state index in [0.717, 1.165) is 22.0 Å². The fourth-order valence-electron chi connectivity index (χ4n) is 4.36. The SMILES string of the molecule is C=C(C)C[C@]1(c2ccccc2)CCN(C(c2ccc(Br)cc2)C2CC2)C(=O)O1. The van der Waals surface area contributed by atoms with Crippen LogP contribution in [0, 0.1) is 5.92 Å². The highest BCUT2D eigenvalue weighted by Gasteiger charge is 2.47. The van der Waals surface area contributed by atoms with Crippen molar-refractivity contribution in [1.29, 1.82) is 0 Å². The second-order valence-electron chi connectivity index (χ2n) is 8.14. The zero-order chi connectivity index (χ0) is 19.7. The Morgan fingerprint density at radius 2 is 1.89 bits per heavy atom. The number of halogens is 1. The number of amides is 1. The van der Waals surface area contributed by atoms with Crippen LogP contribution in [0.15, 0.2) is 71.2 Å². The zero-order valence-corrected chi connectivity index (χ0v) is 17.8. The summed E-state index contributed by atoms with van der Waals surface area (Å²) in [5.74, 6) is 0.527. The van der Waals surface area contributed by atoms with Gasteiger partial charge in [-0.25, -0.2) is 4.79 Å². The van der Waals surface area contributed by atoms with Crippen molar-refractivity contribution in [2.45, 2.75) is 44.2 Å². The summed E-state index contributed by atoms with van der Waals surface area (Å²) in [6.45, 7) is 6.78. The normalized spacial score (nSPS) is 23.2. The number of ether oxygens (including phenoxy) is 1. The number of hydrogen-bond acceptors (Lipinski definition) is 2. The van der Waals surface area contributed by atoms with E-state index in [1.165, 1.54) is 18.4 Å². The molecule has 0 aromatic heterocycles. The Hall–Kier alpha value is -2.07. The number of carbonyl (C=O) groups is 1. The van der Waals surface area contributed by atoms with E-state index in [0.29, 0.717) is 18.9 Å². The van der Waals surface area contributed by atoms with Crippen LogP contribution in [0.25, 0.3) is 0 Å². The third-order valence-corrected chi connectivity index (χ3v) is 6.31. The fourth-order valence-corrected chi connectivity index (χ4v) is 4.62. The van der Waals surface area contributed by atoms with E-state index < -0.39 is 5.60 Å². The molecular formula is C24H26BrNO2. The van der Waals surface area contributed by atoms with E-state index in [4.69, 9.17) is 4.74 Å². The third kappa shape index (κ3) is 3.88. The first kappa shape index (κ1) is 19.3. The predicted octanol–water partition coefficient (Wildman–Crippen LogP) is 6.60. The van der Waals surface area contributed by atoms with Crippen molar-refractivity contribution < 1.29 is 9.53 Å². The molecule has 3 nitrogen and oxygen atoms in total. The molecule has 2 aromatic rings. The van der Waals surface area contributed by atoms with Gasteiger partial charge in [0.25, 0.3) is 0 Å². The molecule has 1 aliphatic heterocycles. The Bertz CT molecular complexity index is 860. The summed E-state index contributed by atoms with van der Waals surface area (Å²) in [5, 5.41) is 0. The van der Waals surface area contributed by atoms with E-state index in [-0.39, 0.29) is 12.1 Å². The molecule has 4 rings (SSSR count). The van der Waals surface area contributed by atoms with Gasteiger partial charge in [-0.15, -0.1) is 0 Å². The van der Waals surface area contributed by atoms with Gasteiger partial charge in [0.2, 0.25) is 0 Å². The lowest BCUT2D eigenvalue weighted by Gasteiger charge is -2.44. The number of rotatable bonds is 6. The molecule has 1 saturated heterocycles. The minimum absolute atomic E-state index is 0.0965. The molecule has 1 heterocycles. The Labute approximate surface area is 175 Å². The molecule has 0 spiro atoms. The van der Waals surface area contributed by atoms with Gasteiger partial charge < -0.3 is 9.64 Å². The molecule has 2 aromatic carbocycles. The highest BCUT2D eigenvalue weighted by Crippen LogP contribution is 2.48. The Morgan fingerprint density at radius 3 is 2.46 bits per heavy atom. The van der Waals surface area contributed by atoms with Crippen LogP contribution in [0.5, 0.6) is 0 Å². The highest BCUT2D eigenvalue weighted by molar-refractivity contribution is 9.10. The van der Waals surface area contributed by atoms with Crippen LogP contribution >= 0.6 is 15.9 Å². The van der Waals surface area contributed by atoms with E-state index >= 15 is 0 Å². The number of benzene rings is 2. The largest absolute Gasteiger partial charge is 0.437 e. The van der Waals surface area contributed by atoms with Gasteiger partial charge >= 0.3 is 6.09 Å². The van der Waals surface area contributed by atoms with E-state index in [9.17, 15) is 4.79 Å². The number of carbonyl (C=O) groups excluding carboxylic acids is 1. The van der Waals surface area contributed by atoms with Crippen LogP contribution in [-0.2, 0) is 10.3 Å². The van der Waals surface area contributed by atoms with Gasteiger partial charge in [0.15, 0.2) is 0 Å². The van der Waals surface area contributed by atoms with Gasteiger partial charge in [0.05, 0.1) is 6.04 Å². The average Bonchev–Trinajstić information content (AvgIpc) is 3.50. The summed E-state index contributed by atoms with van der Waals surface area (Å²) >= 11 is 3.51. The van der Waals surface area contributed by atoms with Crippen molar-refractivity contribution in [3.05, 3.63) is 82.3 Å². The molecule has 28 heavy (non-hydrogen) atoms. The molecule has 2 aliphatic rings. The molecule has 2 fully saturated rings. The summed E-state index contributed by atoms with van der Waals surface area (Å²) in [4.78, 5) is 15.2. The van der Waals surface area contributed by atoms with Crippen LogP contribution in [0.1, 0.15) is 49.8 Å². The third-order valence-electron chi connectivity index (χ3n) is 5.78. The second kappa shape index (κ2) is 7.75. The van der Waals surface area contributed by atoms with Gasteiger partial charge in [-0.1, -0.05) is 70.5 Å². The highest BCUT2D eigenvalue weighted by atomic mass is 79.9. The van der Waals surface area contributed by atoms with Crippen LogP contribution in [-0.4, -0.2) is 17.5 Å². The summed E-state index contributed by atoms with van der Waals surface area (Å²) in [6, 6.07) is 18.5. The number of cyclic esters (lactones) is 1. The van der Waals surface area contributed by atoms with Crippen molar-refractivity contribution in [3.8, 4) is 0 Å². The molecular weight excluding hydrogens is 414 g/mol. The van der Waals surface area contributed by atoms with Crippen molar-refractivity contribution in [2.75, 3.05) is 6.54 Å². The number of hydrogen-bond donors (Lipinski definition) is 0. The maximum Gasteiger partial charge on any atom is 0.411 e. The molecule has 0 N–H and O–H groups in total. The lowest BCUT2D eigenvalue weighted by atomic mass is 9.83. The topological polar surface area (TPSA) is 29.5 Å². The molecule has 2 atom stereocenters. The first-order valence-corrected chi connectivity index (χ1v) is 10.7. The average molecular weight is 440 g/mol. The minimum atomic E-state index is -0.617. The lowest BCUT2D eigenvalue weighted by molar-refractivity contribution is -0.0637. The maximum absolute atomic E-state index is 13.2. The first-order chi connectivity index (χ1) is 13.5. The first-order valence-electron chi connectivity index (χ1n) is 9.93. The summed E-state index contributed by atoms with van der Waals surface area (Å²) in [5.41, 5.74) is 2.65. The molecule has 1 amide bonds. The molecule has 1 unspecified atom stereocenters. The maximum atomic E-state index is 13.2. The summed E-state index contributed by atoms with van der Waals surface area (Å²) in [7, 11) is 0. The molecule has 0 bridgehead atoms. The van der Waals surface area contributed by atoms with Crippen LogP contribution in [0.2, 0.25) is 0 Å². The Balaban J connectivity index is 1.62. The van der Waals surface area contributed by atoms with Crippen molar-refractivity contribution in [3.63, 3.8) is 0 Å². The van der Waals surface area contributed by atoms with E-state index in [1.54, 1.807) is 0 Å². The van der Waals surface area contributed by atoms with Gasteiger partial charge in [-0.05, 0) is 48.9 Å². The molecule has 146 valence electrons. The van der Waals surface area contributed by atoms with Crippen LogP contribution in [0.4, 0.5) is 4.79 Å². The molecule has 1 saturated carbocycles. The van der Waals surface area contributed by atoms with Gasteiger partial charge in [-0.3, -0.25) is 0 Å². The second-order valence-corrected chi connectivity index (χ2v) is 9.06. The Kier molecular flexibility index (Phi) is 5.33. The van der Waals surface area contributed by atoms with Crippen molar-refractivity contribution in [2.24, 2.45) is 5.92 Å². The molecule has 4 heteroatoms. The van der Waals surface area contributed by atoms with Crippen molar-refractivity contribution >= 4 is 22.0 Å². The molecule has 1 aliphatic carbocycles. The van der Waals surface area contributed by atoms with E-state index in [2.05, 4.69) is 58.9 Å². The van der Waals surface area contributed by atoms with Crippen molar-refractivity contribution in [1.82, 2.24) is 4.90 Å². The summed E-state index contributed by atoms with van der Waals surface area (Å²) in [6.07, 6.45) is 3.55. The lowest BCUT2D eigenvalue weighted by Crippen LogP contribution is -2.49. The van der Waals surface area contributed by atoms with Gasteiger partial charge in [0.1, 0.15) is 5.60 Å². The monoisotopic (exact) mass is 439 g/mol. The minimum Gasteiger partial charge on any atom is -0.437 e. The van der Waals surface area contributed by atoms with Gasteiger partial charge in [-0.2, -0.15) is 0 Å². The Morgan fingerprint density at radius 1 is 1.21 bits per heavy atom. The van der Waals surface area contributed by atoms with Crippen LogP contribution < -0.4 is 0 Å². The molecule has 0 radical (unpaired) electrons. The van der Waals surface area contributed by atoms with Crippen LogP contribution in [0.3, 0.4) is 0 Å². The van der Waals surface area contributed by atoms with Gasteiger partial charge in [0, 0.05) is 23.9 Å².